The minimum atomic E-state index is -2.98. The number of carbonyl (C=O) groups is 1. The van der Waals surface area contributed by atoms with Gasteiger partial charge in [-0.25, -0.2) is 0 Å². The van der Waals surface area contributed by atoms with E-state index in [1.807, 2.05) is 24.3 Å². The number of rotatable bonds is 8. The van der Waals surface area contributed by atoms with E-state index in [4.69, 9.17) is 4.74 Å². The Morgan fingerprint density at radius 1 is 1.14 bits per heavy atom. The Morgan fingerprint density at radius 2 is 1.89 bits per heavy atom. The molecule has 7 heteroatoms. The topological polar surface area (TPSA) is 50.8 Å². The molecule has 2 aromatic carbocycles. The van der Waals surface area contributed by atoms with Crippen molar-refractivity contribution in [2.75, 3.05) is 26.7 Å². The molecule has 0 spiro atoms. The lowest BCUT2D eigenvalue weighted by atomic mass is 10.0. The third-order valence-electron chi connectivity index (χ3n) is 4.86. The fourth-order valence-corrected chi connectivity index (χ4v) is 3.50. The van der Waals surface area contributed by atoms with Crippen molar-refractivity contribution in [3.8, 4) is 11.5 Å². The number of methoxy groups -OCH3 is 1. The number of amides is 1. The van der Waals surface area contributed by atoms with E-state index in [1.54, 1.807) is 19.2 Å². The molecule has 1 saturated heterocycles. The molecule has 0 aliphatic carbocycles. The molecule has 28 heavy (non-hydrogen) atoms. The molecule has 0 bridgehead atoms. The number of ether oxygens (including phenoxy) is 2. The molecule has 3 rings (SSSR count). The van der Waals surface area contributed by atoms with Crippen LogP contribution in [0, 0.1) is 0 Å². The van der Waals surface area contributed by atoms with Crippen molar-refractivity contribution in [1.82, 2.24) is 10.2 Å². The van der Waals surface area contributed by atoms with Gasteiger partial charge in [0.2, 0.25) is 0 Å². The van der Waals surface area contributed by atoms with Crippen LogP contribution in [-0.4, -0.2) is 44.2 Å². The van der Waals surface area contributed by atoms with Crippen LogP contribution >= 0.6 is 0 Å². The molecule has 0 unspecified atom stereocenters. The lowest BCUT2D eigenvalue weighted by Crippen LogP contribution is -2.37. The van der Waals surface area contributed by atoms with Crippen molar-refractivity contribution in [2.45, 2.75) is 25.5 Å². The average molecular weight is 390 g/mol. The van der Waals surface area contributed by atoms with Gasteiger partial charge >= 0.3 is 6.61 Å². The van der Waals surface area contributed by atoms with Gasteiger partial charge in [-0.1, -0.05) is 24.3 Å². The number of alkyl halides is 2. The highest BCUT2D eigenvalue weighted by atomic mass is 19.3. The molecule has 1 atom stereocenters. The maximum atomic E-state index is 12.6. The first-order chi connectivity index (χ1) is 13.6. The predicted molar refractivity (Wildman–Crippen MR) is 102 cm³/mol. The van der Waals surface area contributed by atoms with Crippen LogP contribution in [0.2, 0.25) is 0 Å². The van der Waals surface area contributed by atoms with Crippen molar-refractivity contribution < 1.29 is 23.0 Å². The van der Waals surface area contributed by atoms with Gasteiger partial charge in [-0.05, 0) is 55.8 Å². The minimum Gasteiger partial charge on any atom is -0.497 e. The zero-order valence-corrected chi connectivity index (χ0v) is 15.7. The first-order valence-corrected chi connectivity index (χ1v) is 9.28. The van der Waals surface area contributed by atoms with Crippen LogP contribution < -0.4 is 14.8 Å². The Hall–Kier alpha value is -2.67. The van der Waals surface area contributed by atoms with Gasteiger partial charge in [0.1, 0.15) is 11.5 Å². The predicted octanol–water partition coefficient (Wildman–Crippen LogP) is 3.86. The largest absolute Gasteiger partial charge is 0.497 e. The number of carbonyl (C=O) groups excluding carboxylic acids is 1. The lowest BCUT2D eigenvalue weighted by Gasteiger charge is -2.28. The maximum absolute atomic E-state index is 12.6. The van der Waals surface area contributed by atoms with Crippen LogP contribution in [0.25, 0.3) is 0 Å². The normalized spacial score (nSPS) is 15.4. The van der Waals surface area contributed by atoms with Gasteiger partial charge in [0, 0.05) is 6.54 Å². The summed E-state index contributed by atoms with van der Waals surface area (Å²) in [4.78, 5) is 15.0. The summed E-state index contributed by atoms with van der Waals surface area (Å²) in [6.07, 6.45) is 2.22. The van der Waals surface area contributed by atoms with Crippen molar-refractivity contribution in [1.29, 1.82) is 0 Å². The second-order valence-corrected chi connectivity index (χ2v) is 6.62. The van der Waals surface area contributed by atoms with E-state index in [1.165, 1.54) is 12.1 Å². The molecule has 1 amide bonds. The fourth-order valence-electron chi connectivity index (χ4n) is 3.50. The van der Waals surface area contributed by atoms with Gasteiger partial charge in [0.05, 0.1) is 18.7 Å². The molecule has 0 radical (unpaired) electrons. The molecule has 1 aliphatic heterocycles. The highest BCUT2D eigenvalue weighted by Gasteiger charge is 2.25. The summed E-state index contributed by atoms with van der Waals surface area (Å²) in [5.74, 6) is 0.182. The minimum absolute atomic E-state index is 0.0234. The number of halogens is 2. The van der Waals surface area contributed by atoms with Crippen molar-refractivity contribution in [2.24, 2.45) is 0 Å². The molecule has 5 nitrogen and oxygen atoms in total. The van der Waals surface area contributed by atoms with Gasteiger partial charge in [-0.3, -0.25) is 9.69 Å². The molecule has 150 valence electrons. The summed E-state index contributed by atoms with van der Waals surface area (Å²) in [5.41, 5.74) is 1.13. The maximum Gasteiger partial charge on any atom is 0.387 e. The summed E-state index contributed by atoms with van der Waals surface area (Å²) in [6, 6.07) is 13.8. The zero-order chi connectivity index (χ0) is 19.9. The van der Waals surface area contributed by atoms with E-state index in [9.17, 15) is 13.6 Å². The summed E-state index contributed by atoms with van der Waals surface area (Å²) in [5, 5.41) is 2.88. The molecular formula is C21H24F2N2O3. The van der Waals surface area contributed by atoms with E-state index in [2.05, 4.69) is 15.0 Å². The Balaban J connectivity index is 1.76. The van der Waals surface area contributed by atoms with Crippen LogP contribution in [0.4, 0.5) is 8.78 Å². The first kappa shape index (κ1) is 20.1. The van der Waals surface area contributed by atoms with Crippen molar-refractivity contribution >= 4 is 5.91 Å². The lowest BCUT2D eigenvalue weighted by molar-refractivity contribution is -0.0501. The van der Waals surface area contributed by atoms with E-state index in [-0.39, 0.29) is 17.4 Å². The second-order valence-electron chi connectivity index (χ2n) is 6.62. The second kappa shape index (κ2) is 9.50. The SMILES string of the molecule is COc1cccc([C@H](CNC(=O)c2ccccc2OC(F)F)N2CCCC2)c1. The molecule has 1 heterocycles. The monoisotopic (exact) mass is 390 g/mol. The van der Waals surface area contributed by atoms with Crippen LogP contribution in [0.1, 0.15) is 34.8 Å². The van der Waals surface area contributed by atoms with E-state index < -0.39 is 12.5 Å². The van der Waals surface area contributed by atoms with Crippen LogP contribution in [0.3, 0.4) is 0 Å². The molecule has 0 aromatic heterocycles. The van der Waals surface area contributed by atoms with Gasteiger partial charge in [-0.15, -0.1) is 0 Å². The number of hydrogen-bond acceptors (Lipinski definition) is 4. The number of likely N-dealkylation sites (tertiary alicyclic amines) is 1. The van der Waals surface area contributed by atoms with Gasteiger partial charge in [0.25, 0.3) is 5.91 Å². The van der Waals surface area contributed by atoms with Crippen molar-refractivity contribution in [3.05, 3.63) is 59.7 Å². The van der Waals surface area contributed by atoms with Crippen LogP contribution in [0.5, 0.6) is 11.5 Å². The smallest absolute Gasteiger partial charge is 0.387 e. The zero-order valence-electron chi connectivity index (χ0n) is 15.7. The standard InChI is InChI=1S/C21H24F2N2O3/c1-27-16-8-6-7-15(13-16)18(25-11-4-5-12-25)14-24-20(26)17-9-2-3-10-19(17)28-21(22)23/h2-3,6-10,13,18,21H,4-5,11-12,14H2,1H3,(H,24,26)/t18-/m0/s1. The van der Waals surface area contributed by atoms with Gasteiger partial charge in [-0.2, -0.15) is 8.78 Å². The van der Waals surface area contributed by atoms with Crippen molar-refractivity contribution in [3.63, 3.8) is 0 Å². The Labute approximate surface area is 163 Å². The molecule has 1 fully saturated rings. The number of benzene rings is 2. The summed E-state index contributed by atoms with van der Waals surface area (Å²) in [7, 11) is 1.62. The molecule has 1 N–H and O–H groups in total. The van der Waals surface area contributed by atoms with E-state index in [0.717, 1.165) is 37.2 Å². The molecule has 2 aromatic rings. The summed E-state index contributed by atoms with van der Waals surface area (Å²) >= 11 is 0. The quantitative estimate of drug-likeness (QED) is 0.744. The average Bonchev–Trinajstić information content (AvgIpc) is 3.22. The summed E-state index contributed by atoms with van der Waals surface area (Å²) < 4.78 is 35.0. The van der Waals surface area contributed by atoms with Gasteiger partial charge in [0.15, 0.2) is 0 Å². The third kappa shape index (κ3) is 4.98. The number of nitrogens with zero attached hydrogens (tertiary/aromatic N) is 1. The number of hydrogen-bond donors (Lipinski definition) is 1. The van der Waals surface area contributed by atoms with E-state index >= 15 is 0 Å². The van der Waals surface area contributed by atoms with Gasteiger partial charge < -0.3 is 14.8 Å². The third-order valence-corrected chi connectivity index (χ3v) is 4.86. The Morgan fingerprint density at radius 3 is 2.61 bits per heavy atom. The van der Waals surface area contributed by atoms with Crippen LogP contribution in [0.15, 0.2) is 48.5 Å². The Kier molecular flexibility index (Phi) is 6.81. The summed E-state index contributed by atoms with van der Waals surface area (Å²) in [6.45, 7) is -0.733. The van der Waals surface area contributed by atoms with Crippen LogP contribution in [-0.2, 0) is 0 Å². The highest BCUT2D eigenvalue weighted by Crippen LogP contribution is 2.27. The number of nitrogens with one attached hydrogen (secondary N) is 1. The molecule has 0 saturated carbocycles. The Bertz CT molecular complexity index is 795. The molecular weight excluding hydrogens is 366 g/mol. The fraction of sp³-hybridized carbons (Fsp3) is 0.381. The highest BCUT2D eigenvalue weighted by molar-refractivity contribution is 5.96. The molecule has 1 aliphatic rings. The first-order valence-electron chi connectivity index (χ1n) is 9.28. The number of para-hydroxylation sites is 1. The van der Waals surface area contributed by atoms with E-state index in [0.29, 0.717) is 6.54 Å².